The van der Waals surface area contributed by atoms with Gasteiger partial charge in [0.1, 0.15) is 11.5 Å². The second-order valence-corrected chi connectivity index (χ2v) is 4.78. The van der Waals surface area contributed by atoms with Crippen LogP contribution in [0, 0.1) is 0 Å². The molecule has 8 heteroatoms. The molecule has 2 rings (SSSR count). The van der Waals surface area contributed by atoms with Crippen molar-refractivity contribution in [3.05, 3.63) is 42.7 Å². The maximum Gasteiger partial charge on any atom is 0.411 e. The van der Waals surface area contributed by atoms with E-state index in [9.17, 15) is 14.7 Å². The molecule has 24 heavy (non-hydrogen) atoms. The van der Waals surface area contributed by atoms with Crippen LogP contribution >= 0.6 is 0 Å². The summed E-state index contributed by atoms with van der Waals surface area (Å²) in [6, 6.07) is 8.13. The van der Waals surface area contributed by atoms with Crippen LogP contribution in [0.4, 0.5) is 16.2 Å². The van der Waals surface area contributed by atoms with E-state index in [0.717, 1.165) is 0 Å². The number of methoxy groups -OCH3 is 2. The van der Waals surface area contributed by atoms with Gasteiger partial charge in [-0.25, -0.2) is 4.79 Å². The molecule has 8 nitrogen and oxygen atoms in total. The van der Waals surface area contributed by atoms with Gasteiger partial charge in [-0.3, -0.25) is 10.1 Å². The zero-order valence-corrected chi connectivity index (χ0v) is 13.3. The predicted molar refractivity (Wildman–Crippen MR) is 86.0 cm³/mol. The van der Waals surface area contributed by atoms with Crippen molar-refractivity contribution in [1.29, 1.82) is 0 Å². The lowest BCUT2D eigenvalue weighted by Gasteiger charge is -2.13. The number of hydrogen-bond acceptors (Lipinski definition) is 5. The molecule has 2 amide bonds. The van der Waals surface area contributed by atoms with E-state index in [1.165, 1.54) is 26.4 Å². The molecule has 0 bridgehead atoms. The Labute approximate surface area is 138 Å². The quantitative estimate of drug-likeness (QED) is 0.569. The summed E-state index contributed by atoms with van der Waals surface area (Å²) in [6.45, 7) is 0.0881. The monoisotopic (exact) mass is 332 g/mol. The molecule has 0 fully saturated rings. The second-order valence-electron chi connectivity index (χ2n) is 4.78. The van der Waals surface area contributed by atoms with Crippen molar-refractivity contribution in [2.75, 3.05) is 24.9 Å². The number of anilines is 2. The molecule has 126 valence electrons. The number of pyridine rings is 1. The van der Waals surface area contributed by atoms with Crippen LogP contribution in [-0.4, -0.2) is 31.3 Å². The highest BCUT2D eigenvalue weighted by molar-refractivity contribution is 5.94. The zero-order chi connectivity index (χ0) is 17.5. The fourth-order valence-corrected chi connectivity index (χ4v) is 1.99. The van der Waals surface area contributed by atoms with Gasteiger partial charge in [-0.2, -0.15) is 4.57 Å². The second kappa shape index (κ2) is 7.82. The van der Waals surface area contributed by atoms with E-state index in [1.54, 1.807) is 29.1 Å². The summed E-state index contributed by atoms with van der Waals surface area (Å²) in [4.78, 5) is 23.4. The average Bonchev–Trinajstić information content (AvgIpc) is 2.57. The van der Waals surface area contributed by atoms with Crippen LogP contribution in [0.1, 0.15) is 0 Å². The van der Waals surface area contributed by atoms with E-state index >= 15 is 0 Å². The van der Waals surface area contributed by atoms with E-state index in [4.69, 9.17) is 4.74 Å². The number of carbonyl (C=O) groups excluding carboxylic acids is 2. The van der Waals surface area contributed by atoms with Crippen molar-refractivity contribution in [3.63, 3.8) is 0 Å². The third-order valence-electron chi connectivity index (χ3n) is 3.12. The van der Waals surface area contributed by atoms with Gasteiger partial charge < -0.3 is 19.9 Å². The maximum atomic E-state index is 12.1. The van der Waals surface area contributed by atoms with Gasteiger partial charge in [-0.15, -0.1) is 0 Å². The number of rotatable bonds is 5. The first kappa shape index (κ1) is 17.1. The van der Waals surface area contributed by atoms with E-state index in [0.29, 0.717) is 0 Å². The topological polar surface area (TPSA) is 101 Å². The molecule has 0 saturated carbocycles. The first-order chi connectivity index (χ1) is 11.5. The summed E-state index contributed by atoms with van der Waals surface area (Å²) in [5, 5.41) is 15.0. The molecule has 0 aliphatic rings. The van der Waals surface area contributed by atoms with Crippen LogP contribution in [0.15, 0.2) is 42.7 Å². The smallest absolute Gasteiger partial charge is 0.411 e. The summed E-state index contributed by atoms with van der Waals surface area (Å²) >= 11 is 0. The molecule has 1 aromatic carbocycles. The highest BCUT2D eigenvalue weighted by atomic mass is 16.5. The Hall–Kier alpha value is -3.29. The number of nitrogens with zero attached hydrogens (tertiary/aromatic N) is 1. The summed E-state index contributed by atoms with van der Waals surface area (Å²) in [6.07, 6.45) is 2.80. The van der Waals surface area contributed by atoms with E-state index in [2.05, 4.69) is 15.4 Å². The Morgan fingerprint density at radius 3 is 2.42 bits per heavy atom. The summed E-state index contributed by atoms with van der Waals surface area (Å²) in [5.74, 6) is -0.272. The third-order valence-corrected chi connectivity index (χ3v) is 3.12. The molecule has 0 atom stereocenters. The Morgan fingerprint density at radius 2 is 1.79 bits per heavy atom. The highest BCUT2D eigenvalue weighted by Crippen LogP contribution is 2.35. The van der Waals surface area contributed by atoms with Gasteiger partial charge in [-0.1, -0.05) is 6.07 Å². The van der Waals surface area contributed by atoms with E-state index in [-0.39, 0.29) is 35.3 Å². The predicted octanol–water partition coefficient (Wildman–Crippen LogP) is 1.51. The Morgan fingerprint density at radius 1 is 1.08 bits per heavy atom. The summed E-state index contributed by atoms with van der Waals surface area (Å²) in [7, 11) is 2.62. The highest BCUT2D eigenvalue weighted by Gasteiger charge is 2.16. The largest absolute Gasteiger partial charge is 0.506 e. The Kier molecular flexibility index (Phi) is 5.56. The van der Waals surface area contributed by atoms with Gasteiger partial charge >= 0.3 is 6.09 Å². The molecule has 2 aromatic rings. The van der Waals surface area contributed by atoms with Crippen molar-refractivity contribution in [2.45, 2.75) is 6.54 Å². The number of ether oxygens (including phenoxy) is 2. The molecule has 0 aliphatic heterocycles. The summed E-state index contributed by atoms with van der Waals surface area (Å²) in [5.41, 5.74) is 0.390. The number of nitrogens with one attached hydrogen (secondary N) is 2. The first-order valence-corrected chi connectivity index (χ1v) is 7.03. The van der Waals surface area contributed by atoms with E-state index < -0.39 is 6.09 Å². The fourth-order valence-electron chi connectivity index (χ4n) is 1.99. The van der Waals surface area contributed by atoms with Gasteiger partial charge in [0.15, 0.2) is 12.4 Å². The van der Waals surface area contributed by atoms with Crippen molar-refractivity contribution in [3.8, 4) is 11.5 Å². The number of benzene rings is 1. The molecule has 1 aromatic heterocycles. The lowest BCUT2D eigenvalue weighted by Crippen LogP contribution is -2.39. The molecule has 0 saturated heterocycles. The van der Waals surface area contributed by atoms with Crippen LogP contribution in [0.3, 0.4) is 0 Å². The molecular weight excluding hydrogens is 314 g/mol. The number of phenols is 1. The standard InChI is InChI=1S/C16H17N3O5/c1-23-14-9-11(13(20)8-12(14)18-16(22)24-2)17-15(21)10-19-6-4-3-5-7-19/h3-9H,10H2,1-2H3,(H2-,17,18,20,21,22)/p+1. The zero-order valence-electron chi connectivity index (χ0n) is 13.3. The van der Waals surface area contributed by atoms with Crippen LogP contribution < -0.4 is 19.9 Å². The van der Waals surface area contributed by atoms with E-state index in [1.807, 2.05) is 6.07 Å². The normalized spacial score (nSPS) is 9.92. The number of aromatic nitrogens is 1. The number of carbonyl (C=O) groups is 2. The molecule has 1 heterocycles. The van der Waals surface area contributed by atoms with Gasteiger partial charge in [0, 0.05) is 24.3 Å². The van der Waals surface area contributed by atoms with Gasteiger partial charge in [-0.05, 0) is 0 Å². The number of amides is 2. The van der Waals surface area contributed by atoms with Crippen molar-refractivity contribution in [1.82, 2.24) is 0 Å². The van der Waals surface area contributed by atoms with Crippen molar-refractivity contribution in [2.24, 2.45) is 0 Å². The fraction of sp³-hybridized carbons (Fsp3) is 0.188. The molecule has 3 N–H and O–H groups in total. The molecule has 0 unspecified atom stereocenters. The van der Waals surface area contributed by atoms with Gasteiger partial charge in [0.25, 0.3) is 5.91 Å². The average molecular weight is 332 g/mol. The summed E-state index contributed by atoms with van der Waals surface area (Å²) < 4.78 is 11.3. The van der Waals surface area contributed by atoms with Crippen molar-refractivity contribution < 1.29 is 28.7 Å². The minimum Gasteiger partial charge on any atom is -0.506 e. The maximum absolute atomic E-state index is 12.1. The SMILES string of the molecule is COC(=O)Nc1cc(O)c(NC(=O)C[n+]2ccccc2)cc1OC. The number of hydrogen-bond donors (Lipinski definition) is 3. The van der Waals surface area contributed by atoms with Crippen LogP contribution in [-0.2, 0) is 16.1 Å². The minimum atomic E-state index is -0.704. The van der Waals surface area contributed by atoms with Gasteiger partial charge in [0.05, 0.1) is 25.6 Å². The molecule has 0 aliphatic carbocycles. The number of phenolic OH excluding ortho intramolecular Hbond substituents is 1. The minimum absolute atomic E-state index is 0.0881. The lowest BCUT2D eigenvalue weighted by atomic mass is 10.2. The van der Waals surface area contributed by atoms with Crippen LogP contribution in [0.25, 0.3) is 0 Å². The Balaban J connectivity index is 2.15. The molecular formula is C16H18N3O5+. The molecule has 0 radical (unpaired) electrons. The third kappa shape index (κ3) is 4.35. The van der Waals surface area contributed by atoms with Gasteiger partial charge in [0.2, 0.25) is 6.54 Å². The molecule has 0 spiro atoms. The van der Waals surface area contributed by atoms with Crippen LogP contribution in [0.5, 0.6) is 11.5 Å². The lowest BCUT2D eigenvalue weighted by molar-refractivity contribution is -0.684. The van der Waals surface area contributed by atoms with Crippen molar-refractivity contribution >= 4 is 23.4 Å². The number of aromatic hydroxyl groups is 1. The first-order valence-electron chi connectivity index (χ1n) is 7.03. The van der Waals surface area contributed by atoms with Crippen LogP contribution in [0.2, 0.25) is 0 Å². The Bertz CT molecular complexity index is 734.